The van der Waals surface area contributed by atoms with E-state index >= 15 is 0 Å². The first-order valence-corrected chi connectivity index (χ1v) is 9.08. The topological polar surface area (TPSA) is 79.5 Å². The minimum atomic E-state index is -3.60. The van der Waals surface area contributed by atoms with Crippen molar-refractivity contribution < 1.29 is 17.9 Å². The summed E-state index contributed by atoms with van der Waals surface area (Å²) < 4.78 is 32.3. The van der Waals surface area contributed by atoms with Crippen LogP contribution in [0.25, 0.3) is 0 Å². The van der Waals surface area contributed by atoms with Crippen LogP contribution in [0.4, 0.5) is 0 Å². The van der Waals surface area contributed by atoms with E-state index in [1.807, 2.05) is 0 Å². The lowest BCUT2D eigenvalue weighted by atomic mass is 9.83. The molecule has 0 radical (unpaired) electrons. The van der Waals surface area contributed by atoms with Crippen molar-refractivity contribution in [1.82, 2.24) is 4.72 Å². The zero-order valence-electron chi connectivity index (χ0n) is 11.4. The Morgan fingerprint density at radius 1 is 1.50 bits per heavy atom. The number of sulfonamides is 1. The summed E-state index contributed by atoms with van der Waals surface area (Å²) in [5.74, 6) is 1.29. The molecule has 0 aliphatic heterocycles. The first kappa shape index (κ1) is 16.0. The van der Waals surface area contributed by atoms with Crippen LogP contribution in [0.5, 0.6) is 0 Å². The van der Waals surface area contributed by atoms with E-state index in [0.29, 0.717) is 18.4 Å². The third-order valence-corrected chi connectivity index (χ3v) is 6.04. The van der Waals surface area contributed by atoms with Crippen molar-refractivity contribution in [3.05, 3.63) is 16.5 Å². The lowest BCUT2D eigenvalue weighted by Crippen LogP contribution is -2.31. The highest BCUT2D eigenvalue weighted by atomic mass is 79.9. The lowest BCUT2D eigenvalue weighted by molar-refractivity contribution is 0.245. The molecule has 0 amide bonds. The molecular weight excluding hydrogens is 346 g/mol. The van der Waals surface area contributed by atoms with Gasteiger partial charge in [-0.05, 0) is 40.6 Å². The number of rotatable bonds is 5. The van der Waals surface area contributed by atoms with Crippen LogP contribution in [0.2, 0.25) is 0 Å². The summed E-state index contributed by atoms with van der Waals surface area (Å²) in [4.78, 5) is 0.0467. The van der Waals surface area contributed by atoms with Crippen molar-refractivity contribution in [3.8, 4) is 0 Å². The molecule has 5 nitrogen and oxygen atoms in total. The SMILES string of the molecule is CC1CCCC(CNS(=O)(=O)c2cc(CO)oc2Br)C1. The zero-order chi connectivity index (χ0) is 14.8. The Hall–Kier alpha value is -0.370. The number of hydrogen-bond acceptors (Lipinski definition) is 4. The normalized spacial score (nSPS) is 23.9. The molecule has 0 saturated heterocycles. The van der Waals surface area contributed by atoms with E-state index in [0.717, 1.165) is 19.3 Å². The van der Waals surface area contributed by atoms with Gasteiger partial charge in [-0.25, -0.2) is 13.1 Å². The maximum Gasteiger partial charge on any atom is 0.244 e. The van der Waals surface area contributed by atoms with Crippen LogP contribution in [0.1, 0.15) is 38.4 Å². The van der Waals surface area contributed by atoms with Crippen molar-refractivity contribution in [2.75, 3.05) is 6.54 Å². The van der Waals surface area contributed by atoms with Gasteiger partial charge in [-0.15, -0.1) is 0 Å². The second-order valence-electron chi connectivity index (χ2n) is 5.50. The molecule has 2 unspecified atom stereocenters. The quantitative estimate of drug-likeness (QED) is 0.840. The fourth-order valence-corrected chi connectivity index (χ4v) is 4.82. The Balaban J connectivity index is 2.01. The van der Waals surface area contributed by atoms with E-state index in [9.17, 15) is 8.42 Å². The van der Waals surface area contributed by atoms with Crippen molar-refractivity contribution in [3.63, 3.8) is 0 Å². The first-order chi connectivity index (χ1) is 9.42. The molecule has 114 valence electrons. The summed E-state index contributed by atoms with van der Waals surface area (Å²) in [6, 6.07) is 1.34. The molecule has 1 aromatic rings. The number of furan rings is 1. The third kappa shape index (κ3) is 3.84. The summed E-state index contributed by atoms with van der Waals surface area (Å²) >= 11 is 3.07. The van der Waals surface area contributed by atoms with Gasteiger partial charge in [0, 0.05) is 12.6 Å². The summed E-state index contributed by atoms with van der Waals surface area (Å²) in [5.41, 5.74) is 0. The second-order valence-corrected chi connectivity index (χ2v) is 7.95. The van der Waals surface area contributed by atoms with E-state index in [-0.39, 0.29) is 21.9 Å². The predicted octanol–water partition coefficient (Wildman–Crippen LogP) is 2.64. The molecule has 0 bridgehead atoms. The van der Waals surface area contributed by atoms with Crippen molar-refractivity contribution in [1.29, 1.82) is 0 Å². The van der Waals surface area contributed by atoms with Crippen molar-refractivity contribution >= 4 is 26.0 Å². The van der Waals surface area contributed by atoms with Crippen LogP contribution in [-0.2, 0) is 16.6 Å². The van der Waals surface area contributed by atoms with Gasteiger partial charge in [0.15, 0.2) is 4.67 Å². The molecule has 1 heterocycles. The van der Waals surface area contributed by atoms with Crippen LogP contribution in [0, 0.1) is 11.8 Å². The summed E-state index contributed by atoms with van der Waals surface area (Å²) in [6.45, 7) is 2.34. The molecule has 0 spiro atoms. The summed E-state index contributed by atoms with van der Waals surface area (Å²) in [5, 5.41) is 8.97. The van der Waals surface area contributed by atoms with E-state index in [1.54, 1.807) is 0 Å². The Morgan fingerprint density at radius 2 is 2.25 bits per heavy atom. The number of nitrogens with one attached hydrogen (secondary N) is 1. The summed E-state index contributed by atoms with van der Waals surface area (Å²) in [7, 11) is -3.60. The van der Waals surface area contributed by atoms with Gasteiger partial charge in [0.1, 0.15) is 17.3 Å². The standard InChI is InChI=1S/C13H20BrNO4S/c1-9-3-2-4-10(5-9)7-15-20(17,18)12-6-11(8-16)19-13(12)14/h6,9-10,15-16H,2-5,7-8H2,1H3. The largest absolute Gasteiger partial charge is 0.450 e. The van der Waals surface area contributed by atoms with Crippen LogP contribution in [0.3, 0.4) is 0 Å². The molecule has 20 heavy (non-hydrogen) atoms. The van der Waals surface area contributed by atoms with Gasteiger partial charge in [0.05, 0.1) is 0 Å². The first-order valence-electron chi connectivity index (χ1n) is 6.81. The Kier molecular flexibility index (Phi) is 5.28. The molecule has 2 rings (SSSR count). The molecule has 1 fully saturated rings. The second kappa shape index (κ2) is 6.60. The number of aliphatic hydroxyl groups excluding tert-OH is 1. The summed E-state index contributed by atoms with van der Waals surface area (Å²) in [6.07, 6.45) is 4.53. The zero-order valence-corrected chi connectivity index (χ0v) is 13.8. The highest BCUT2D eigenvalue weighted by Gasteiger charge is 2.25. The third-order valence-electron chi connectivity index (χ3n) is 3.76. The van der Waals surface area contributed by atoms with E-state index in [4.69, 9.17) is 9.52 Å². The predicted molar refractivity (Wildman–Crippen MR) is 78.6 cm³/mol. The Labute approximate surface area is 127 Å². The Morgan fingerprint density at radius 3 is 2.85 bits per heavy atom. The molecule has 2 atom stereocenters. The fraction of sp³-hybridized carbons (Fsp3) is 0.692. The van der Waals surface area contributed by atoms with E-state index in [2.05, 4.69) is 27.6 Å². The van der Waals surface area contributed by atoms with Crippen molar-refractivity contribution in [2.24, 2.45) is 11.8 Å². The molecule has 2 N–H and O–H groups in total. The maximum atomic E-state index is 12.2. The molecule has 1 saturated carbocycles. The molecule has 1 aliphatic carbocycles. The van der Waals surface area contributed by atoms with Gasteiger partial charge in [-0.3, -0.25) is 0 Å². The van der Waals surface area contributed by atoms with Gasteiger partial charge in [-0.2, -0.15) is 0 Å². The minimum absolute atomic E-state index is 0.0467. The molecule has 1 aliphatic rings. The minimum Gasteiger partial charge on any atom is -0.450 e. The highest BCUT2D eigenvalue weighted by Crippen LogP contribution is 2.29. The van der Waals surface area contributed by atoms with Gasteiger partial charge >= 0.3 is 0 Å². The van der Waals surface area contributed by atoms with Crippen LogP contribution in [0.15, 0.2) is 20.0 Å². The van der Waals surface area contributed by atoms with Gasteiger partial charge in [0.25, 0.3) is 0 Å². The monoisotopic (exact) mass is 365 g/mol. The van der Waals surface area contributed by atoms with Gasteiger partial charge < -0.3 is 9.52 Å². The van der Waals surface area contributed by atoms with Crippen LogP contribution < -0.4 is 4.72 Å². The smallest absolute Gasteiger partial charge is 0.244 e. The van der Waals surface area contributed by atoms with E-state index < -0.39 is 10.0 Å². The highest BCUT2D eigenvalue weighted by molar-refractivity contribution is 9.10. The van der Waals surface area contributed by atoms with Crippen molar-refractivity contribution in [2.45, 2.75) is 44.1 Å². The average Bonchev–Trinajstić information content (AvgIpc) is 2.79. The Bertz CT molecular complexity index is 555. The van der Waals surface area contributed by atoms with Gasteiger partial charge in [0.2, 0.25) is 10.0 Å². The fourth-order valence-electron chi connectivity index (χ4n) is 2.71. The maximum absolute atomic E-state index is 12.2. The van der Waals surface area contributed by atoms with E-state index in [1.165, 1.54) is 12.5 Å². The number of halogens is 1. The number of hydrogen-bond donors (Lipinski definition) is 2. The molecular formula is C13H20BrNO4S. The van der Waals surface area contributed by atoms with Crippen LogP contribution >= 0.6 is 15.9 Å². The molecule has 0 aromatic carbocycles. The number of aliphatic hydroxyl groups is 1. The van der Waals surface area contributed by atoms with Gasteiger partial charge in [-0.1, -0.05) is 19.8 Å². The lowest BCUT2D eigenvalue weighted by Gasteiger charge is -2.26. The molecule has 7 heteroatoms. The average molecular weight is 366 g/mol. The molecule has 1 aromatic heterocycles. The van der Waals surface area contributed by atoms with Crippen LogP contribution in [-0.4, -0.2) is 20.1 Å².